The van der Waals surface area contributed by atoms with E-state index in [0.717, 1.165) is 49.7 Å². The molecular weight excluding hydrogens is 745 g/mol. The summed E-state index contributed by atoms with van der Waals surface area (Å²) in [5.41, 5.74) is 1.57. The zero-order valence-corrected chi connectivity index (χ0v) is 34.5. The first-order valence-corrected chi connectivity index (χ1v) is 20.7. The van der Waals surface area contributed by atoms with Gasteiger partial charge in [0.15, 0.2) is 0 Å². The Morgan fingerprint density at radius 3 is 1.38 bits per heavy atom. The van der Waals surface area contributed by atoms with Gasteiger partial charge in [0.2, 0.25) is 0 Å². The van der Waals surface area contributed by atoms with Gasteiger partial charge >= 0.3 is 37.7 Å². The van der Waals surface area contributed by atoms with Crippen molar-refractivity contribution in [2.75, 3.05) is 0 Å². The smallest absolute Gasteiger partial charge is 0.872 e. The second kappa shape index (κ2) is 23.8. The average Bonchev–Trinajstić information content (AvgIpc) is 3.09. The summed E-state index contributed by atoms with van der Waals surface area (Å²) in [5, 5.41) is 20.5. The fourth-order valence-electron chi connectivity index (χ4n) is 5.47. The Morgan fingerprint density at radius 1 is 0.547 bits per heavy atom. The van der Waals surface area contributed by atoms with Gasteiger partial charge in [0, 0.05) is 6.07 Å². The molecular formula is C40H50CaO10S2. The van der Waals surface area contributed by atoms with E-state index in [9.17, 15) is 36.2 Å². The average molecular weight is 795 g/mol. The number of benzene rings is 4. The van der Waals surface area contributed by atoms with Gasteiger partial charge in [0.25, 0.3) is 10.1 Å². The molecule has 0 radical (unpaired) electrons. The molecule has 0 amide bonds. The molecule has 0 aliphatic carbocycles. The van der Waals surface area contributed by atoms with Crippen molar-refractivity contribution in [3.05, 3.63) is 96.1 Å². The summed E-state index contributed by atoms with van der Waals surface area (Å²) in [5.74, 6) is 1.48. The minimum atomic E-state index is -4.57. The first-order chi connectivity index (χ1) is 24.8. The molecule has 2 N–H and O–H groups in total. The maximum absolute atomic E-state index is 11.5. The molecule has 0 heterocycles. The summed E-state index contributed by atoms with van der Waals surface area (Å²) >= 11 is 0. The standard InChI is InChI=1S/2C20H26O5S.Ca/c2*1-2-3-4-5-6-7-8-16-13-19(15-20(14-16)26(22,23)24)25-18-11-9-17(21)10-12-18;/h2*9-15,21H,2-8H2,1H3,(H,22,23,24);/q;;+2/p-2. The first kappa shape index (κ1) is 46.3. The molecule has 0 aliphatic heterocycles. The minimum absolute atomic E-state index is 0. The molecule has 0 unspecified atom stereocenters. The van der Waals surface area contributed by atoms with E-state index in [0.29, 0.717) is 23.7 Å². The zero-order valence-electron chi connectivity index (χ0n) is 30.7. The zero-order chi connectivity index (χ0) is 38.0. The molecule has 4 aromatic carbocycles. The topological polar surface area (TPSA) is 173 Å². The Morgan fingerprint density at radius 2 is 0.943 bits per heavy atom. The summed E-state index contributed by atoms with van der Waals surface area (Å²) in [6.07, 6.45) is 15.0. The van der Waals surface area contributed by atoms with Crippen molar-refractivity contribution in [2.45, 2.75) is 114 Å². The van der Waals surface area contributed by atoms with Crippen LogP contribution >= 0.6 is 0 Å². The van der Waals surface area contributed by atoms with Crippen LogP contribution in [0.4, 0.5) is 0 Å². The van der Waals surface area contributed by atoms with Crippen molar-refractivity contribution in [1.82, 2.24) is 0 Å². The van der Waals surface area contributed by atoms with Crippen molar-refractivity contribution in [3.63, 3.8) is 0 Å². The summed E-state index contributed by atoms with van der Waals surface area (Å²) in [4.78, 5) is -0.466. The molecule has 0 saturated heterocycles. The van der Waals surface area contributed by atoms with Crippen LogP contribution in [0.2, 0.25) is 0 Å². The van der Waals surface area contributed by atoms with Gasteiger partial charge in [-0.25, -0.2) is 8.42 Å². The third-order valence-corrected chi connectivity index (χ3v) is 9.88. The molecule has 0 aromatic heterocycles. The maximum atomic E-state index is 11.5. The number of phenols is 1. The van der Waals surface area contributed by atoms with Crippen LogP contribution in [0, 0.1) is 0 Å². The quantitative estimate of drug-likeness (QED) is 0.0499. The van der Waals surface area contributed by atoms with Crippen molar-refractivity contribution in [3.8, 4) is 34.5 Å². The number of aromatic hydroxyl groups is 1. The van der Waals surface area contributed by atoms with Crippen LogP contribution in [-0.4, -0.2) is 68.8 Å². The van der Waals surface area contributed by atoms with Crippen LogP contribution < -0.4 is 14.6 Å². The van der Waals surface area contributed by atoms with Crippen LogP contribution in [0.3, 0.4) is 0 Å². The van der Waals surface area contributed by atoms with Gasteiger partial charge in [-0.15, -0.1) is 5.75 Å². The minimum Gasteiger partial charge on any atom is -0.872 e. The van der Waals surface area contributed by atoms with E-state index < -0.39 is 20.2 Å². The van der Waals surface area contributed by atoms with Gasteiger partial charge in [-0.3, -0.25) is 4.55 Å². The number of hydrogen-bond donors (Lipinski definition) is 2. The second-order valence-electron chi connectivity index (χ2n) is 12.8. The molecule has 4 aromatic rings. The Kier molecular flexibility index (Phi) is 20.8. The summed E-state index contributed by atoms with van der Waals surface area (Å²) < 4.78 is 78.1. The van der Waals surface area contributed by atoms with E-state index in [1.165, 1.54) is 106 Å². The molecule has 0 spiro atoms. The monoisotopic (exact) mass is 794 g/mol. The van der Waals surface area contributed by atoms with E-state index in [2.05, 4.69) is 13.8 Å². The number of ether oxygens (including phenoxy) is 2. The predicted octanol–water partition coefficient (Wildman–Crippen LogP) is 9.31. The van der Waals surface area contributed by atoms with Gasteiger partial charge in [0.05, 0.1) is 9.79 Å². The van der Waals surface area contributed by atoms with Crippen molar-refractivity contribution in [1.29, 1.82) is 0 Å². The molecule has 0 saturated carbocycles. The van der Waals surface area contributed by atoms with E-state index in [-0.39, 0.29) is 64.8 Å². The van der Waals surface area contributed by atoms with Crippen LogP contribution in [0.25, 0.3) is 0 Å². The molecule has 0 bridgehead atoms. The van der Waals surface area contributed by atoms with Crippen molar-refractivity contribution in [2.24, 2.45) is 0 Å². The van der Waals surface area contributed by atoms with Crippen molar-refractivity contribution >= 4 is 58.0 Å². The number of hydrogen-bond acceptors (Lipinski definition) is 9. The van der Waals surface area contributed by atoms with E-state index in [1.54, 1.807) is 24.3 Å². The maximum Gasteiger partial charge on any atom is 2.00 e. The Labute approximate surface area is 345 Å². The number of rotatable bonds is 20. The molecule has 0 aliphatic rings. The van der Waals surface area contributed by atoms with Crippen molar-refractivity contribution < 1.29 is 45.6 Å². The van der Waals surface area contributed by atoms with Crippen LogP contribution in [0.1, 0.15) is 102 Å². The fraction of sp³-hybridized carbons (Fsp3) is 0.400. The Hall–Kier alpha value is -2.84. The van der Waals surface area contributed by atoms with Gasteiger partial charge in [-0.05, 0) is 104 Å². The van der Waals surface area contributed by atoms with Gasteiger partial charge in [-0.1, -0.05) is 90.2 Å². The fourth-order valence-corrected chi connectivity index (χ4v) is 6.60. The predicted molar refractivity (Wildman–Crippen MR) is 205 cm³/mol. The molecule has 0 fully saturated rings. The number of aryl methyl sites for hydroxylation is 2. The van der Waals surface area contributed by atoms with E-state index in [1.807, 2.05) is 0 Å². The summed E-state index contributed by atoms with van der Waals surface area (Å²) in [6.45, 7) is 4.34. The molecule has 4 rings (SSSR count). The third kappa shape index (κ3) is 18.4. The molecule has 284 valence electrons. The van der Waals surface area contributed by atoms with Gasteiger partial charge in [0.1, 0.15) is 38.9 Å². The number of unbranched alkanes of at least 4 members (excludes halogenated alkanes) is 10. The van der Waals surface area contributed by atoms with Gasteiger partial charge in [-0.2, -0.15) is 8.42 Å². The third-order valence-electron chi connectivity index (χ3n) is 8.24. The largest absolute Gasteiger partial charge is 2.00 e. The van der Waals surface area contributed by atoms with Gasteiger partial charge < -0.3 is 24.2 Å². The Bertz CT molecular complexity index is 1740. The summed E-state index contributed by atoms with van der Waals surface area (Å²) in [6, 6.07) is 20.8. The van der Waals surface area contributed by atoms with Crippen LogP contribution in [0.15, 0.2) is 94.7 Å². The van der Waals surface area contributed by atoms with Crippen LogP contribution in [0.5, 0.6) is 34.5 Å². The van der Waals surface area contributed by atoms with E-state index >= 15 is 0 Å². The molecule has 0 atom stereocenters. The molecule has 13 heteroatoms. The normalized spacial score (nSPS) is 11.2. The van der Waals surface area contributed by atoms with Crippen LogP contribution in [-0.2, 0) is 33.1 Å². The molecule has 53 heavy (non-hydrogen) atoms. The second-order valence-corrected chi connectivity index (χ2v) is 15.6. The van der Waals surface area contributed by atoms with E-state index in [4.69, 9.17) is 9.47 Å². The summed E-state index contributed by atoms with van der Waals surface area (Å²) in [7, 11) is -8.88. The number of phenolic OH excluding ortho intramolecular Hbond substituents is 1. The first-order valence-electron chi connectivity index (χ1n) is 17.9. The SMILES string of the molecule is CCCCCCCCc1cc(Oc2ccc(O)cc2)cc(S(=O)(=O)O)c1.CCCCCCCCc1cc(Oc2ccc([O-])cc2)cc(S(=O)(=O)[O-])c1.[Ca+2]. The Balaban J connectivity index is 0.000000360. The molecule has 10 nitrogen and oxygen atoms in total.